The van der Waals surface area contributed by atoms with Crippen LogP contribution in [0.25, 0.3) is 6.08 Å². The molecule has 0 saturated heterocycles. The van der Waals surface area contributed by atoms with Gasteiger partial charge < -0.3 is 20.3 Å². The van der Waals surface area contributed by atoms with Crippen molar-refractivity contribution in [3.8, 4) is 5.75 Å². The summed E-state index contributed by atoms with van der Waals surface area (Å²) in [7, 11) is 0. The minimum atomic E-state index is -0.938. The normalized spacial score (nSPS) is 11.4. The molecule has 6 heteroatoms. The first kappa shape index (κ1) is 17.6. The third kappa shape index (κ3) is 6.78. The Kier molecular flexibility index (Phi) is 5.98. The number of rotatable bonds is 5. The highest BCUT2D eigenvalue weighted by Gasteiger charge is 2.15. The predicted octanol–water partition coefficient (Wildman–Crippen LogP) is 2.56. The van der Waals surface area contributed by atoms with Gasteiger partial charge in [-0.2, -0.15) is 0 Å². The number of nitrogens with one attached hydrogen (secondary N) is 1. The minimum Gasteiger partial charge on any atom is -0.507 e. The molecule has 0 fully saturated rings. The van der Waals surface area contributed by atoms with Gasteiger partial charge >= 0.3 is 12.1 Å². The number of ether oxygens (including phenoxy) is 1. The third-order valence-electron chi connectivity index (χ3n) is 2.51. The molecule has 0 aliphatic heterocycles. The van der Waals surface area contributed by atoms with Gasteiger partial charge in [0.25, 0.3) is 0 Å². The van der Waals surface area contributed by atoms with Crippen molar-refractivity contribution < 1.29 is 24.5 Å². The van der Waals surface area contributed by atoms with Gasteiger partial charge in [-0.05, 0) is 38.5 Å². The SMILES string of the molecule is CC(C)(C)OC(=O)NCC=Cc1cc(CC(=O)O)ccc1O. The van der Waals surface area contributed by atoms with Crippen LogP contribution in [0.2, 0.25) is 0 Å². The number of aromatic hydroxyl groups is 1. The number of carbonyl (C=O) groups excluding carboxylic acids is 1. The van der Waals surface area contributed by atoms with E-state index in [-0.39, 0.29) is 18.7 Å². The van der Waals surface area contributed by atoms with Crippen LogP contribution in [0.5, 0.6) is 5.75 Å². The van der Waals surface area contributed by atoms with E-state index in [0.717, 1.165) is 0 Å². The molecule has 0 aliphatic rings. The Bertz CT molecular complexity index is 572. The summed E-state index contributed by atoms with van der Waals surface area (Å²) in [4.78, 5) is 22.1. The van der Waals surface area contributed by atoms with E-state index in [4.69, 9.17) is 9.84 Å². The van der Waals surface area contributed by atoms with Crippen LogP contribution >= 0.6 is 0 Å². The molecular formula is C16H21NO5. The van der Waals surface area contributed by atoms with E-state index < -0.39 is 17.7 Å². The average Bonchev–Trinajstić information content (AvgIpc) is 2.35. The fourth-order valence-electron chi connectivity index (χ4n) is 1.66. The van der Waals surface area contributed by atoms with Crippen LogP contribution in [0.1, 0.15) is 31.9 Å². The molecule has 120 valence electrons. The Balaban J connectivity index is 2.59. The van der Waals surface area contributed by atoms with Gasteiger partial charge in [0.15, 0.2) is 0 Å². The molecule has 6 nitrogen and oxygen atoms in total. The van der Waals surface area contributed by atoms with E-state index in [9.17, 15) is 14.7 Å². The van der Waals surface area contributed by atoms with Crippen LogP contribution in [-0.2, 0) is 16.0 Å². The highest BCUT2D eigenvalue weighted by Crippen LogP contribution is 2.20. The van der Waals surface area contributed by atoms with Crippen molar-refractivity contribution in [3.63, 3.8) is 0 Å². The monoisotopic (exact) mass is 307 g/mol. The number of phenolic OH excluding ortho intramolecular Hbond substituents is 1. The summed E-state index contributed by atoms with van der Waals surface area (Å²) in [5, 5.41) is 21.0. The summed E-state index contributed by atoms with van der Waals surface area (Å²) in [5.74, 6) is -0.894. The molecule has 0 saturated carbocycles. The molecule has 0 spiro atoms. The minimum absolute atomic E-state index is 0.0441. The van der Waals surface area contributed by atoms with Crippen LogP contribution in [0.15, 0.2) is 24.3 Å². The maximum absolute atomic E-state index is 11.4. The number of benzene rings is 1. The van der Waals surface area contributed by atoms with E-state index >= 15 is 0 Å². The van der Waals surface area contributed by atoms with Crippen molar-refractivity contribution in [2.75, 3.05) is 6.54 Å². The Morgan fingerprint density at radius 2 is 2.00 bits per heavy atom. The molecule has 0 bridgehead atoms. The van der Waals surface area contributed by atoms with Crippen molar-refractivity contribution in [3.05, 3.63) is 35.4 Å². The van der Waals surface area contributed by atoms with E-state index in [1.807, 2.05) is 0 Å². The second kappa shape index (κ2) is 7.49. The van der Waals surface area contributed by atoms with E-state index in [1.54, 1.807) is 45.1 Å². The zero-order valence-corrected chi connectivity index (χ0v) is 12.9. The summed E-state index contributed by atoms with van der Waals surface area (Å²) in [5.41, 5.74) is 0.520. The average molecular weight is 307 g/mol. The molecule has 0 heterocycles. The summed E-state index contributed by atoms with van der Waals surface area (Å²) >= 11 is 0. The van der Waals surface area contributed by atoms with E-state index in [2.05, 4.69) is 5.32 Å². The van der Waals surface area contributed by atoms with Crippen molar-refractivity contribution in [1.29, 1.82) is 0 Å². The second-order valence-corrected chi connectivity index (χ2v) is 5.75. The van der Waals surface area contributed by atoms with Crippen molar-refractivity contribution >= 4 is 18.1 Å². The number of hydrogen-bond donors (Lipinski definition) is 3. The quantitative estimate of drug-likeness (QED) is 0.777. The fraction of sp³-hybridized carbons (Fsp3) is 0.375. The second-order valence-electron chi connectivity index (χ2n) is 5.75. The lowest BCUT2D eigenvalue weighted by Crippen LogP contribution is -2.32. The smallest absolute Gasteiger partial charge is 0.407 e. The highest BCUT2D eigenvalue weighted by atomic mass is 16.6. The number of aliphatic carboxylic acids is 1. The first-order chi connectivity index (χ1) is 10.2. The molecular weight excluding hydrogens is 286 g/mol. The lowest BCUT2D eigenvalue weighted by molar-refractivity contribution is -0.136. The molecule has 1 aromatic rings. The largest absolute Gasteiger partial charge is 0.507 e. The molecule has 0 aromatic heterocycles. The summed E-state index contributed by atoms with van der Waals surface area (Å²) < 4.78 is 5.08. The highest BCUT2D eigenvalue weighted by molar-refractivity contribution is 5.71. The number of phenols is 1. The lowest BCUT2D eigenvalue weighted by atomic mass is 10.1. The number of carboxylic acids is 1. The van der Waals surface area contributed by atoms with Gasteiger partial charge in [-0.1, -0.05) is 18.2 Å². The van der Waals surface area contributed by atoms with Crippen molar-refractivity contribution in [2.24, 2.45) is 0 Å². The zero-order valence-electron chi connectivity index (χ0n) is 12.9. The maximum Gasteiger partial charge on any atom is 0.407 e. The number of alkyl carbamates (subject to hydrolysis) is 1. The van der Waals surface area contributed by atoms with Gasteiger partial charge in [0, 0.05) is 12.1 Å². The molecule has 0 radical (unpaired) electrons. The molecule has 22 heavy (non-hydrogen) atoms. The molecule has 0 atom stereocenters. The summed E-state index contributed by atoms with van der Waals surface area (Å²) in [6, 6.07) is 4.59. The van der Waals surface area contributed by atoms with Crippen LogP contribution in [0.3, 0.4) is 0 Å². The van der Waals surface area contributed by atoms with Crippen LogP contribution < -0.4 is 5.32 Å². The van der Waals surface area contributed by atoms with Crippen LogP contribution in [0.4, 0.5) is 4.79 Å². The van der Waals surface area contributed by atoms with Crippen LogP contribution in [-0.4, -0.2) is 34.4 Å². The Morgan fingerprint density at radius 1 is 1.32 bits per heavy atom. The first-order valence-corrected chi connectivity index (χ1v) is 6.84. The Hall–Kier alpha value is -2.50. The van der Waals surface area contributed by atoms with Gasteiger partial charge in [-0.15, -0.1) is 0 Å². The topological polar surface area (TPSA) is 95.9 Å². The van der Waals surface area contributed by atoms with Gasteiger partial charge in [-0.25, -0.2) is 4.79 Å². The molecule has 3 N–H and O–H groups in total. The summed E-state index contributed by atoms with van der Waals surface area (Å²) in [6.45, 7) is 5.55. The predicted molar refractivity (Wildman–Crippen MR) is 82.7 cm³/mol. The van der Waals surface area contributed by atoms with Gasteiger partial charge in [0.1, 0.15) is 11.4 Å². The van der Waals surface area contributed by atoms with Gasteiger partial charge in [0.2, 0.25) is 0 Å². The number of carbonyl (C=O) groups is 2. The molecule has 0 unspecified atom stereocenters. The molecule has 0 aliphatic carbocycles. The molecule has 1 rings (SSSR count). The molecule has 1 aromatic carbocycles. The van der Waals surface area contributed by atoms with Gasteiger partial charge in [-0.3, -0.25) is 4.79 Å². The standard InChI is InChI=1S/C16H21NO5/c1-16(2,3)22-15(21)17-8-4-5-12-9-11(10-14(19)20)6-7-13(12)18/h4-7,9,18H,8,10H2,1-3H3,(H,17,21)(H,19,20). The molecule has 1 amide bonds. The van der Waals surface area contributed by atoms with Crippen molar-refractivity contribution in [1.82, 2.24) is 5.32 Å². The van der Waals surface area contributed by atoms with Gasteiger partial charge in [0.05, 0.1) is 6.42 Å². The zero-order chi connectivity index (χ0) is 16.8. The number of hydrogen-bond acceptors (Lipinski definition) is 4. The lowest BCUT2D eigenvalue weighted by Gasteiger charge is -2.19. The van der Waals surface area contributed by atoms with E-state index in [1.165, 1.54) is 6.07 Å². The van der Waals surface area contributed by atoms with E-state index in [0.29, 0.717) is 11.1 Å². The fourth-order valence-corrected chi connectivity index (χ4v) is 1.66. The summed E-state index contributed by atoms with van der Waals surface area (Å²) in [6.07, 6.45) is 2.61. The van der Waals surface area contributed by atoms with Crippen LogP contribution in [0, 0.1) is 0 Å². The number of carboxylic acid groups (broad SMARTS) is 1. The Morgan fingerprint density at radius 3 is 2.59 bits per heavy atom. The maximum atomic E-state index is 11.4. The third-order valence-corrected chi connectivity index (χ3v) is 2.51. The number of amides is 1. The first-order valence-electron chi connectivity index (χ1n) is 6.84. The Labute approximate surface area is 129 Å². The van der Waals surface area contributed by atoms with Crippen molar-refractivity contribution in [2.45, 2.75) is 32.8 Å².